The van der Waals surface area contributed by atoms with E-state index in [1.807, 2.05) is 43.3 Å². The van der Waals surface area contributed by atoms with Crippen LogP contribution in [-0.2, 0) is 15.0 Å². The highest BCUT2D eigenvalue weighted by atomic mass is 35.5. The zero-order valence-corrected chi connectivity index (χ0v) is 16.4. The largest absolute Gasteiger partial charge is 0.321 e. The molecule has 3 N–H and O–H groups in total. The summed E-state index contributed by atoms with van der Waals surface area (Å²) in [5, 5.41) is 0. The van der Waals surface area contributed by atoms with Gasteiger partial charge in [-0.05, 0) is 30.2 Å². The number of rotatable bonds is 6. The van der Waals surface area contributed by atoms with Crippen molar-refractivity contribution in [1.82, 2.24) is 4.72 Å². The maximum absolute atomic E-state index is 13.0. The van der Waals surface area contributed by atoms with Crippen molar-refractivity contribution in [1.29, 1.82) is 0 Å². The molecule has 3 aromatic carbocycles. The Balaban J connectivity index is 2.06. The minimum atomic E-state index is -3.90. The average Bonchev–Trinajstić information content (AvgIpc) is 2.68. The van der Waals surface area contributed by atoms with Crippen LogP contribution in [0.25, 0.3) is 0 Å². The first kappa shape index (κ1) is 19.6. The first-order chi connectivity index (χ1) is 12.8. The topological polar surface area (TPSA) is 72.2 Å². The molecule has 0 radical (unpaired) electrons. The van der Waals surface area contributed by atoms with Gasteiger partial charge in [0.15, 0.2) is 5.00 Å². The van der Waals surface area contributed by atoms with Gasteiger partial charge in [-0.1, -0.05) is 90.0 Å². The third-order valence-electron chi connectivity index (χ3n) is 4.40. The summed E-state index contributed by atoms with van der Waals surface area (Å²) in [7, 11) is -3.90. The number of alkyl halides is 1. The van der Waals surface area contributed by atoms with Gasteiger partial charge in [0.2, 0.25) is 10.0 Å². The predicted molar refractivity (Wildman–Crippen MR) is 109 cm³/mol. The molecule has 0 saturated heterocycles. The number of hydrogen-bond donors (Lipinski definition) is 2. The molecule has 0 aliphatic heterocycles. The standard InChI is InChI=1S/C21H21ClN2O2S/c1-16-12-14-19(15-13-16)27(25,26)24-21(22,18-10-6-3-7-11-18)20(23)17-8-4-2-5-9-17/h2-15,20,24H,23H2,1H3/t20-,21-/m1/s1. The lowest BCUT2D eigenvalue weighted by Gasteiger charge is -2.34. The molecule has 6 heteroatoms. The van der Waals surface area contributed by atoms with E-state index in [0.717, 1.165) is 11.1 Å². The Kier molecular flexibility index (Phi) is 5.67. The van der Waals surface area contributed by atoms with E-state index < -0.39 is 21.1 Å². The number of hydrogen-bond acceptors (Lipinski definition) is 3. The van der Waals surface area contributed by atoms with E-state index in [1.165, 1.54) is 0 Å². The monoisotopic (exact) mass is 400 g/mol. The lowest BCUT2D eigenvalue weighted by atomic mass is 9.94. The highest BCUT2D eigenvalue weighted by Crippen LogP contribution is 2.38. The summed E-state index contributed by atoms with van der Waals surface area (Å²) in [6.45, 7) is 1.89. The van der Waals surface area contributed by atoms with Gasteiger partial charge in [-0.3, -0.25) is 0 Å². The molecule has 0 bridgehead atoms. The van der Waals surface area contributed by atoms with Crippen molar-refractivity contribution >= 4 is 21.6 Å². The van der Waals surface area contributed by atoms with Gasteiger partial charge in [-0.25, -0.2) is 8.42 Å². The third-order valence-corrected chi connectivity index (χ3v) is 6.54. The second-order valence-corrected chi connectivity index (χ2v) is 8.66. The minimum absolute atomic E-state index is 0.134. The van der Waals surface area contributed by atoms with Gasteiger partial charge in [-0.2, -0.15) is 4.72 Å². The fourth-order valence-corrected chi connectivity index (χ4v) is 4.65. The normalized spacial score (nSPS) is 15.1. The van der Waals surface area contributed by atoms with Gasteiger partial charge in [0.05, 0.1) is 10.9 Å². The maximum Gasteiger partial charge on any atom is 0.242 e. The van der Waals surface area contributed by atoms with E-state index >= 15 is 0 Å². The molecule has 0 unspecified atom stereocenters. The molecule has 0 aromatic heterocycles. The smallest absolute Gasteiger partial charge is 0.242 e. The van der Waals surface area contributed by atoms with Crippen molar-refractivity contribution in [3.8, 4) is 0 Å². The van der Waals surface area contributed by atoms with Gasteiger partial charge in [0.1, 0.15) is 0 Å². The number of halogens is 1. The Morgan fingerprint density at radius 1 is 0.889 bits per heavy atom. The van der Waals surface area contributed by atoms with Gasteiger partial charge in [-0.15, -0.1) is 0 Å². The fraction of sp³-hybridized carbons (Fsp3) is 0.143. The summed E-state index contributed by atoms with van der Waals surface area (Å²) in [5.74, 6) is 0. The Morgan fingerprint density at radius 2 is 1.41 bits per heavy atom. The summed E-state index contributed by atoms with van der Waals surface area (Å²) >= 11 is 6.90. The van der Waals surface area contributed by atoms with Crippen molar-refractivity contribution in [2.75, 3.05) is 0 Å². The number of benzene rings is 3. The molecule has 4 nitrogen and oxygen atoms in total. The molecule has 0 amide bonds. The summed E-state index contributed by atoms with van der Waals surface area (Å²) < 4.78 is 28.7. The Morgan fingerprint density at radius 3 is 1.96 bits per heavy atom. The Bertz CT molecular complexity index is 993. The van der Waals surface area contributed by atoms with Crippen LogP contribution >= 0.6 is 11.6 Å². The summed E-state index contributed by atoms with van der Waals surface area (Å²) in [6.07, 6.45) is 0. The van der Waals surface area contributed by atoms with Crippen molar-refractivity contribution in [2.24, 2.45) is 5.73 Å². The molecular weight excluding hydrogens is 380 g/mol. The molecule has 27 heavy (non-hydrogen) atoms. The van der Waals surface area contributed by atoms with Gasteiger partial charge < -0.3 is 5.73 Å². The molecule has 0 spiro atoms. The lowest BCUT2D eigenvalue weighted by molar-refractivity contribution is 0.452. The van der Waals surface area contributed by atoms with E-state index in [2.05, 4.69) is 4.72 Å². The van der Waals surface area contributed by atoms with Crippen LogP contribution < -0.4 is 10.5 Å². The molecule has 3 rings (SSSR count). The first-order valence-corrected chi connectivity index (χ1v) is 10.3. The molecule has 0 saturated carbocycles. The van der Waals surface area contributed by atoms with Gasteiger partial charge in [0.25, 0.3) is 0 Å². The average molecular weight is 401 g/mol. The van der Waals surface area contributed by atoms with Crippen LogP contribution in [0.15, 0.2) is 89.8 Å². The lowest BCUT2D eigenvalue weighted by Crippen LogP contribution is -2.48. The van der Waals surface area contributed by atoms with E-state index in [-0.39, 0.29) is 4.90 Å². The Hall–Kier alpha value is -2.18. The highest BCUT2D eigenvalue weighted by Gasteiger charge is 2.41. The number of nitrogens with two attached hydrogens (primary N) is 1. The molecule has 0 aliphatic carbocycles. The second kappa shape index (κ2) is 7.82. The summed E-state index contributed by atoms with van der Waals surface area (Å²) in [5.41, 5.74) is 8.72. The van der Waals surface area contributed by atoms with Crippen LogP contribution in [0.1, 0.15) is 22.7 Å². The SMILES string of the molecule is Cc1ccc(S(=O)(=O)N[C@](Cl)(c2ccccc2)[C@H](N)c2ccccc2)cc1. The minimum Gasteiger partial charge on any atom is -0.321 e. The van der Waals surface area contributed by atoms with E-state index in [9.17, 15) is 8.42 Å². The van der Waals surface area contributed by atoms with Crippen LogP contribution in [0.5, 0.6) is 0 Å². The van der Waals surface area contributed by atoms with E-state index in [4.69, 9.17) is 17.3 Å². The quantitative estimate of drug-likeness (QED) is 0.484. The summed E-state index contributed by atoms with van der Waals surface area (Å²) in [4.78, 5) is -1.42. The molecule has 0 aliphatic rings. The first-order valence-electron chi connectivity index (χ1n) is 8.48. The van der Waals surface area contributed by atoms with Crippen molar-refractivity contribution in [3.63, 3.8) is 0 Å². The van der Waals surface area contributed by atoms with E-state index in [1.54, 1.807) is 48.5 Å². The van der Waals surface area contributed by atoms with Gasteiger partial charge in [0, 0.05) is 0 Å². The van der Waals surface area contributed by atoms with Gasteiger partial charge >= 0.3 is 0 Å². The van der Waals surface area contributed by atoms with Crippen LogP contribution in [-0.4, -0.2) is 8.42 Å². The van der Waals surface area contributed by atoms with Crippen molar-refractivity contribution < 1.29 is 8.42 Å². The van der Waals surface area contributed by atoms with Crippen molar-refractivity contribution in [2.45, 2.75) is 22.9 Å². The van der Waals surface area contributed by atoms with Crippen molar-refractivity contribution in [3.05, 3.63) is 102 Å². The third kappa shape index (κ3) is 4.22. The number of aryl methyl sites for hydroxylation is 1. The zero-order valence-electron chi connectivity index (χ0n) is 14.8. The van der Waals surface area contributed by atoms with Crippen LogP contribution in [0.2, 0.25) is 0 Å². The highest BCUT2D eigenvalue weighted by molar-refractivity contribution is 7.89. The molecule has 140 valence electrons. The molecule has 2 atom stereocenters. The molecule has 0 fully saturated rings. The second-order valence-electron chi connectivity index (χ2n) is 6.38. The zero-order chi connectivity index (χ0) is 19.5. The molecule has 3 aromatic rings. The maximum atomic E-state index is 13.0. The fourth-order valence-electron chi connectivity index (χ4n) is 2.84. The molecule has 0 heterocycles. The van der Waals surface area contributed by atoms with Crippen LogP contribution in [0, 0.1) is 6.92 Å². The number of nitrogens with one attached hydrogen (secondary N) is 1. The molecular formula is C21H21ClN2O2S. The van der Waals surface area contributed by atoms with Crippen LogP contribution in [0.3, 0.4) is 0 Å². The van der Waals surface area contributed by atoms with Crippen LogP contribution in [0.4, 0.5) is 0 Å². The number of sulfonamides is 1. The predicted octanol–water partition coefficient (Wildman–Crippen LogP) is 4.07. The Labute approximate surface area is 165 Å². The van der Waals surface area contributed by atoms with E-state index in [0.29, 0.717) is 5.56 Å². The summed E-state index contributed by atoms with van der Waals surface area (Å²) in [6, 6.07) is 23.9.